The summed E-state index contributed by atoms with van der Waals surface area (Å²) < 4.78 is 28.9. The third kappa shape index (κ3) is 2.31. The van der Waals surface area contributed by atoms with Crippen LogP contribution in [0.15, 0.2) is 36.0 Å². The van der Waals surface area contributed by atoms with Gasteiger partial charge >= 0.3 is 0 Å². The van der Waals surface area contributed by atoms with Crippen molar-refractivity contribution in [1.29, 1.82) is 0 Å². The van der Waals surface area contributed by atoms with Gasteiger partial charge in [0, 0.05) is 50.8 Å². The Morgan fingerprint density at radius 2 is 1.83 bits per heavy atom. The van der Waals surface area contributed by atoms with Crippen molar-refractivity contribution in [2.24, 2.45) is 7.05 Å². The molecule has 8 nitrogen and oxygen atoms in total. The average Bonchev–Trinajstić information content (AvgIpc) is 3.23. The van der Waals surface area contributed by atoms with E-state index in [9.17, 15) is 8.42 Å². The highest BCUT2D eigenvalue weighted by molar-refractivity contribution is 7.89. The van der Waals surface area contributed by atoms with Gasteiger partial charge in [-0.2, -0.15) is 4.31 Å². The second-order valence-corrected chi connectivity index (χ2v) is 7.78. The Morgan fingerprint density at radius 1 is 1.09 bits per heavy atom. The van der Waals surface area contributed by atoms with Crippen molar-refractivity contribution in [2.45, 2.75) is 30.0 Å². The molecule has 2 aliphatic rings. The quantitative estimate of drug-likeness (QED) is 0.800. The predicted molar refractivity (Wildman–Crippen MR) is 83.3 cm³/mol. The molecule has 0 saturated carbocycles. The molecular formula is C14H18N6O2S. The van der Waals surface area contributed by atoms with Gasteiger partial charge in [-0.1, -0.05) is 0 Å². The lowest BCUT2D eigenvalue weighted by atomic mass is 10.1. The van der Waals surface area contributed by atoms with Gasteiger partial charge in [0.1, 0.15) is 0 Å². The fraction of sp³-hybridized carbons (Fsp3) is 0.500. The minimum Gasteiger partial charge on any atom is -0.339 e. The number of anilines is 1. The van der Waals surface area contributed by atoms with E-state index >= 15 is 0 Å². The standard InChI is InChI=1S/C14H18N6O2S/c1-18-9-13(17-10-18)23(21,22)20-8-4-11-12(20)3-7-19(11)14-15-5-2-6-16-14/h2,5-6,9-12H,3-4,7-8H2,1H3/t11-,12+/m1/s1. The summed E-state index contributed by atoms with van der Waals surface area (Å²) in [5.41, 5.74) is 0. The molecule has 23 heavy (non-hydrogen) atoms. The van der Waals surface area contributed by atoms with Crippen LogP contribution in [-0.2, 0) is 17.1 Å². The first kappa shape index (κ1) is 14.6. The number of aromatic nitrogens is 4. The Balaban J connectivity index is 1.61. The van der Waals surface area contributed by atoms with Gasteiger partial charge in [0.15, 0.2) is 5.03 Å². The summed E-state index contributed by atoms with van der Waals surface area (Å²) >= 11 is 0. The van der Waals surface area contributed by atoms with Crippen LogP contribution in [0, 0.1) is 0 Å². The molecular weight excluding hydrogens is 316 g/mol. The van der Waals surface area contributed by atoms with Crippen LogP contribution in [0.1, 0.15) is 12.8 Å². The number of nitrogens with zero attached hydrogens (tertiary/aromatic N) is 6. The molecule has 9 heteroatoms. The van der Waals surface area contributed by atoms with Crippen molar-refractivity contribution in [3.8, 4) is 0 Å². The Labute approximate surface area is 134 Å². The van der Waals surface area contributed by atoms with Crippen molar-refractivity contribution >= 4 is 16.0 Å². The molecule has 0 N–H and O–H groups in total. The lowest BCUT2D eigenvalue weighted by molar-refractivity contribution is 0.386. The molecule has 2 aromatic rings. The van der Waals surface area contributed by atoms with E-state index in [1.54, 1.807) is 40.6 Å². The maximum Gasteiger partial charge on any atom is 0.262 e. The Hall–Kier alpha value is -2.00. The third-order valence-corrected chi connectivity index (χ3v) is 6.40. The van der Waals surface area contributed by atoms with Crippen molar-refractivity contribution in [3.05, 3.63) is 31.0 Å². The van der Waals surface area contributed by atoms with E-state index in [1.165, 1.54) is 6.33 Å². The first-order valence-electron chi connectivity index (χ1n) is 7.61. The number of hydrogen-bond acceptors (Lipinski definition) is 6. The molecule has 4 heterocycles. The van der Waals surface area contributed by atoms with E-state index in [-0.39, 0.29) is 17.1 Å². The molecule has 0 radical (unpaired) electrons. The van der Waals surface area contributed by atoms with Crippen LogP contribution in [0.2, 0.25) is 0 Å². The molecule has 0 spiro atoms. The number of fused-ring (bicyclic) bond motifs is 1. The lowest BCUT2D eigenvalue weighted by Gasteiger charge is -2.24. The largest absolute Gasteiger partial charge is 0.339 e. The van der Waals surface area contributed by atoms with Crippen LogP contribution < -0.4 is 4.90 Å². The minimum absolute atomic E-state index is 0.0363. The SMILES string of the molecule is Cn1cnc(S(=O)(=O)N2CC[C@@H]3[C@@H]2CCN3c2ncccn2)c1. The highest BCUT2D eigenvalue weighted by Crippen LogP contribution is 2.36. The third-order valence-electron chi connectivity index (χ3n) is 4.59. The molecule has 0 aromatic carbocycles. The lowest BCUT2D eigenvalue weighted by Crippen LogP contribution is -2.40. The van der Waals surface area contributed by atoms with E-state index in [1.807, 2.05) is 0 Å². The molecule has 0 amide bonds. The molecule has 0 bridgehead atoms. The fourth-order valence-corrected chi connectivity index (χ4v) is 5.24. The van der Waals surface area contributed by atoms with Gasteiger partial charge < -0.3 is 9.47 Å². The highest BCUT2D eigenvalue weighted by atomic mass is 32.2. The van der Waals surface area contributed by atoms with Crippen LogP contribution in [0.3, 0.4) is 0 Å². The van der Waals surface area contributed by atoms with E-state index in [4.69, 9.17) is 0 Å². The minimum atomic E-state index is -3.54. The van der Waals surface area contributed by atoms with Gasteiger partial charge in [-0.3, -0.25) is 0 Å². The van der Waals surface area contributed by atoms with E-state index in [0.29, 0.717) is 12.5 Å². The predicted octanol–water partition coefficient (Wildman–Crippen LogP) is 0.252. The Morgan fingerprint density at radius 3 is 2.52 bits per heavy atom. The van der Waals surface area contributed by atoms with Gasteiger partial charge in [-0.15, -0.1) is 0 Å². The van der Waals surface area contributed by atoms with Crippen LogP contribution in [0.5, 0.6) is 0 Å². The summed E-state index contributed by atoms with van der Waals surface area (Å²) in [5, 5.41) is 0.120. The van der Waals surface area contributed by atoms with Crippen LogP contribution >= 0.6 is 0 Å². The summed E-state index contributed by atoms with van der Waals surface area (Å²) in [6, 6.07) is 1.88. The van der Waals surface area contributed by atoms with Crippen LogP contribution in [-0.4, -0.2) is 57.4 Å². The average molecular weight is 334 g/mol. The van der Waals surface area contributed by atoms with Gasteiger partial charge in [0.05, 0.1) is 6.33 Å². The fourth-order valence-electron chi connectivity index (χ4n) is 3.58. The highest BCUT2D eigenvalue weighted by Gasteiger charge is 2.48. The molecule has 2 atom stereocenters. The van der Waals surface area contributed by atoms with Gasteiger partial charge in [0.2, 0.25) is 5.95 Å². The molecule has 4 rings (SSSR count). The summed E-state index contributed by atoms with van der Waals surface area (Å²) in [7, 11) is -1.78. The molecule has 122 valence electrons. The maximum absolute atomic E-state index is 12.8. The van der Waals surface area contributed by atoms with Crippen molar-refractivity contribution in [1.82, 2.24) is 23.8 Å². The molecule has 2 aliphatic heterocycles. The maximum atomic E-state index is 12.8. The zero-order valence-electron chi connectivity index (χ0n) is 12.8. The van der Waals surface area contributed by atoms with E-state index in [2.05, 4.69) is 19.9 Å². The Kier molecular flexibility index (Phi) is 3.34. The number of sulfonamides is 1. The smallest absolute Gasteiger partial charge is 0.262 e. The molecule has 0 aliphatic carbocycles. The molecule has 2 saturated heterocycles. The zero-order chi connectivity index (χ0) is 16.0. The van der Waals surface area contributed by atoms with Crippen molar-refractivity contribution in [2.75, 3.05) is 18.0 Å². The molecule has 2 fully saturated rings. The van der Waals surface area contributed by atoms with E-state index < -0.39 is 10.0 Å². The number of aryl methyl sites for hydroxylation is 1. The topological polar surface area (TPSA) is 84.2 Å². The van der Waals surface area contributed by atoms with Crippen molar-refractivity contribution in [3.63, 3.8) is 0 Å². The summed E-state index contributed by atoms with van der Waals surface area (Å²) in [6.45, 7) is 1.28. The van der Waals surface area contributed by atoms with Crippen LogP contribution in [0.25, 0.3) is 0 Å². The molecule has 2 aromatic heterocycles. The van der Waals surface area contributed by atoms with Crippen molar-refractivity contribution < 1.29 is 8.42 Å². The number of hydrogen-bond donors (Lipinski definition) is 0. The summed E-state index contributed by atoms with van der Waals surface area (Å²) in [4.78, 5) is 14.7. The summed E-state index contributed by atoms with van der Waals surface area (Å²) in [6.07, 6.45) is 8.07. The van der Waals surface area contributed by atoms with Gasteiger partial charge in [-0.25, -0.2) is 23.4 Å². The monoisotopic (exact) mass is 334 g/mol. The number of imidazole rings is 1. The second kappa shape index (κ2) is 5.27. The second-order valence-electron chi connectivity index (χ2n) is 5.95. The van der Waals surface area contributed by atoms with E-state index in [0.717, 1.165) is 19.4 Å². The van der Waals surface area contributed by atoms with Gasteiger partial charge in [-0.05, 0) is 18.9 Å². The molecule has 0 unspecified atom stereocenters. The van der Waals surface area contributed by atoms with Crippen LogP contribution in [0.4, 0.5) is 5.95 Å². The van der Waals surface area contributed by atoms with Gasteiger partial charge in [0.25, 0.3) is 10.0 Å². The normalized spacial score (nSPS) is 25.0. The zero-order valence-corrected chi connectivity index (χ0v) is 13.6. The Bertz CT molecular complexity index is 806. The first-order chi connectivity index (χ1) is 11.1. The number of rotatable bonds is 3. The summed E-state index contributed by atoms with van der Waals surface area (Å²) in [5.74, 6) is 0.678. The first-order valence-corrected chi connectivity index (χ1v) is 9.05.